The number of halogens is 1. The highest BCUT2D eigenvalue weighted by atomic mass is 35.5. The van der Waals surface area contributed by atoms with E-state index >= 15 is 0 Å². The summed E-state index contributed by atoms with van der Waals surface area (Å²) in [5, 5.41) is 3.05. The number of hydrogen-bond acceptors (Lipinski definition) is 4. The maximum Gasteiger partial charge on any atom is 0.236 e. The lowest BCUT2D eigenvalue weighted by molar-refractivity contribution is -0.138. The van der Waals surface area contributed by atoms with Crippen molar-refractivity contribution in [2.24, 2.45) is 0 Å². The summed E-state index contributed by atoms with van der Waals surface area (Å²) < 4.78 is 10.2. The molecule has 0 bridgehead atoms. The third-order valence-electron chi connectivity index (χ3n) is 2.45. The first kappa shape index (κ1) is 15.6. The summed E-state index contributed by atoms with van der Waals surface area (Å²) in [7, 11) is 1.65. The van der Waals surface area contributed by atoms with Gasteiger partial charge in [-0.3, -0.25) is 4.79 Å². The summed E-state index contributed by atoms with van der Waals surface area (Å²) in [6, 6.07) is 0.190. The van der Waals surface area contributed by atoms with E-state index in [0.717, 1.165) is 0 Å². The molecule has 5 nitrogen and oxygen atoms in total. The predicted molar refractivity (Wildman–Crippen MR) is 64.0 cm³/mol. The van der Waals surface area contributed by atoms with Gasteiger partial charge in [-0.05, 0) is 6.92 Å². The lowest BCUT2D eigenvalue weighted by atomic mass is 10.2. The van der Waals surface area contributed by atoms with E-state index in [1.165, 1.54) is 0 Å². The second-order valence-corrected chi connectivity index (χ2v) is 3.68. The number of ether oxygens (including phenoxy) is 2. The summed E-state index contributed by atoms with van der Waals surface area (Å²) in [4.78, 5) is 13.6. The number of carbonyl (C=O) groups excluding carboxylic acids is 1. The number of methoxy groups -OCH3 is 1. The fourth-order valence-electron chi connectivity index (χ4n) is 1.57. The van der Waals surface area contributed by atoms with Crippen LogP contribution in [-0.4, -0.2) is 63.4 Å². The van der Waals surface area contributed by atoms with Gasteiger partial charge in [0.1, 0.15) is 0 Å². The third-order valence-corrected chi connectivity index (χ3v) is 2.45. The van der Waals surface area contributed by atoms with Gasteiger partial charge in [0.15, 0.2) is 0 Å². The molecule has 16 heavy (non-hydrogen) atoms. The second-order valence-electron chi connectivity index (χ2n) is 3.68. The number of nitrogens with one attached hydrogen (secondary N) is 1. The molecule has 96 valence electrons. The molecule has 6 heteroatoms. The maximum atomic E-state index is 11.7. The van der Waals surface area contributed by atoms with E-state index < -0.39 is 0 Å². The molecule has 0 aromatic carbocycles. The molecular formula is C10H21ClN2O3. The van der Waals surface area contributed by atoms with Crippen LogP contribution >= 0.6 is 12.4 Å². The highest BCUT2D eigenvalue weighted by Gasteiger charge is 2.22. The van der Waals surface area contributed by atoms with E-state index in [0.29, 0.717) is 39.5 Å². The van der Waals surface area contributed by atoms with Crippen LogP contribution in [0.3, 0.4) is 0 Å². The highest BCUT2D eigenvalue weighted by molar-refractivity contribution is 5.85. The van der Waals surface area contributed by atoms with Gasteiger partial charge in [-0.15, -0.1) is 12.4 Å². The summed E-state index contributed by atoms with van der Waals surface area (Å²) in [6.45, 7) is 5.72. The molecule has 1 fully saturated rings. The molecule has 0 aromatic heterocycles. The highest BCUT2D eigenvalue weighted by Crippen LogP contribution is 2.05. The minimum absolute atomic E-state index is 0. The number of carbonyl (C=O) groups is 1. The average Bonchev–Trinajstić information content (AvgIpc) is 2.25. The number of nitrogens with zero attached hydrogens (tertiary/aromatic N) is 1. The molecule has 0 aromatic rings. The Morgan fingerprint density at radius 3 is 3.00 bits per heavy atom. The van der Waals surface area contributed by atoms with Crippen molar-refractivity contribution < 1.29 is 14.3 Å². The minimum atomic E-state index is 0. The normalized spacial score (nSPS) is 20.4. The predicted octanol–water partition coefficient (Wildman–Crippen LogP) is -0.108. The van der Waals surface area contributed by atoms with E-state index in [1.54, 1.807) is 7.11 Å². The molecule has 1 N–H and O–H groups in total. The van der Waals surface area contributed by atoms with Crippen molar-refractivity contribution in [2.75, 3.05) is 46.6 Å². The van der Waals surface area contributed by atoms with Crippen molar-refractivity contribution in [3.8, 4) is 0 Å². The number of morpholine rings is 1. The molecule has 0 radical (unpaired) electrons. The fraction of sp³-hybridized carbons (Fsp3) is 0.900. The Bertz CT molecular complexity index is 205. The lowest BCUT2D eigenvalue weighted by Gasteiger charge is -2.33. The van der Waals surface area contributed by atoms with E-state index in [1.807, 2.05) is 11.8 Å². The first-order valence-electron chi connectivity index (χ1n) is 5.32. The van der Waals surface area contributed by atoms with Crippen LogP contribution in [0.15, 0.2) is 0 Å². The van der Waals surface area contributed by atoms with Crippen LogP contribution in [0.25, 0.3) is 0 Å². The lowest BCUT2D eigenvalue weighted by Crippen LogP contribution is -2.50. The van der Waals surface area contributed by atoms with Gasteiger partial charge in [0.05, 0.1) is 32.4 Å². The Labute approximate surface area is 103 Å². The summed E-state index contributed by atoms with van der Waals surface area (Å²) in [5.41, 5.74) is 0. The molecule has 0 spiro atoms. The Morgan fingerprint density at radius 2 is 2.38 bits per heavy atom. The molecule has 0 aliphatic carbocycles. The fourth-order valence-corrected chi connectivity index (χ4v) is 1.57. The zero-order valence-electron chi connectivity index (χ0n) is 9.90. The van der Waals surface area contributed by atoms with E-state index in [9.17, 15) is 4.79 Å². The average molecular weight is 253 g/mol. The van der Waals surface area contributed by atoms with E-state index in [2.05, 4.69) is 5.32 Å². The first-order valence-corrected chi connectivity index (χ1v) is 5.32. The quantitative estimate of drug-likeness (QED) is 0.694. The van der Waals surface area contributed by atoms with Crippen LogP contribution in [0.1, 0.15) is 6.92 Å². The zero-order valence-corrected chi connectivity index (χ0v) is 10.7. The minimum Gasteiger partial charge on any atom is -0.383 e. The van der Waals surface area contributed by atoms with Gasteiger partial charge in [-0.1, -0.05) is 0 Å². The Morgan fingerprint density at radius 1 is 1.62 bits per heavy atom. The van der Waals surface area contributed by atoms with Gasteiger partial charge in [0.2, 0.25) is 5.91 Å². The summed E-state index contributed by atoms with van der Waals surface area (Å²) in [5.74, 6) is 0.141. The van der Waals surface area contributed by atoms with E-state index in [-0.39, 0.29) is 24.4 Å². The molecule has 1 unspecified atom stereocenters. The monoisotopic (exact) mass is 252 g/mol. The molecule has 1 saturated heterocycles. The van der Waals surface area contributed by atoms with Crippen LogP contribution in [0.5, 0.6) is 0 Å². The Hall–Kier alpha value is -0.360. The maximum absolute atomic E-state index is 11.7. The molecule has 1 aliphatic heterocycles. The van der Waals surface area contributed by atoms with Gasteiger partial charge in [0, 0.05) is 20.2 Å². The van der Waals surface area contributed by atoms with E-state index in [4.69, 9.17) is 9.47 Å². The van der Waals surface area contributed by atoms with Crippen LogP contribution in [0.2, 0.25) is 0 Å². The summed E-state index contributed by atoms with van der Waals surface area (Å²) >= 11 is 0. The molecule has 1 amide bonds. The molecule has 1 aliphatic rings. The molecule has 1 heterocycles. The Balaban J connectivity index is 0.00000225. The standard InChI is InChI=1S/C10H20N2O3.ClH/c1-9-8-15-6-4-12(9)10(13)7-11-3-5-14-2;/h9,11H,3-8H2,1-2H3;1H. The number of hydrogen-bond donors (Lipinski definition) is 1. The first-order chi connectivity index (χ1) is 7.25. The third kappa shape index (κ3) is 5.12. The van der Waals surface area contributed by atoms with Gasteiger partial charge in [0.25, 0.3) is 0 Å². The van der Waals surface area contributed by atoms with Crippen molar-refractivity contribution in [2.45, 2.75) is 13.0 Å². The SMILES string of the molecule is COCCNCC(=O)N1CCOCC1C.Cl. The van der Waals surface area contributed by atoms with Crippen molar-refractivity contribution in [1.29, 1.82) is 0 Å². The van der Waals surface area contributed by atoms with Crippen molar-refractivity contribution >= 4 is 18.3 Å². The van der Waals surface area contributed by atoms with Crippen LogP contribution in [0, 0.1) is 0 Å². The summed E-state index contributed by atoms with van der Waals surface area (Å²) in [6.07, 6.45) is 0. The van der Waals surface area contributed by atoms with Gasteiger partial charge < -0.3 is 19.7 Å². The van der Waals surface area contributed by atoms with Crippen molar-refractivity contribution in [1.82, 2.24) is 10.2 Å². The number of rotatable bonds is 5. The second kappa shape index (κ2) is 8.75. The van der Waals surface area contributed by atoms with Crippen LogP contribution < -0.4 is 5.32 Å². The van der Waals surface area contributed by atoms with Gasteiger partial charge >= 0.3 is 0 Å². The largest absolute Gasteiger partial charge is 0.383 e. The van der Waals surface area contributed by atoms with Gasteiger partial charge in [-0.2, -0.15) is 0 Å². The zero-order chi connectivity index (χ0) is 11.1. The van der Waals surface area contributed by atoms with Crippen LogP contribution in [-0.2, 0) is 14.3 Å². The molecular weight excluding hydrogens is 232 g/mol. The van der Waals surface area contributed by atoms with Crippen LogP contribution in [0.4, 0.5) is 0 Å². The topological polar surface area (TPSA) is 50.8 Å². The van der Waals surface area contributed by atoms with Gasteiger partial charge in [-0.25, -0.2) is 0 Å². The molecule has 1 atom stereocenters. The van der Waals surface area contributed by atoms with Crippen molar-refractivity contribution in [3.63, 3.8) is 0 Å². The number of amides is 1. The molecule has 1 rings (SSSR count). The van der Waals surface area contributed by atoms with Crippen molar-refractivity contribution in [3.05, 3.63) is 0 Å². The Kier molecular flexibility index (Phi) is 8.56. The smallest absolute Gasteiger partial charge is 0.236 e. The molecule has 0 saturated carbocycles.